The van der Waals surface area contributed by atoms with Crippen LogP contribution in [0.15, 0.2) is 24.3 Å². The van der Waals surface area contributed by atoms with Crippen molar-refractivity contribution in [2.24, 2.45) is 0 Å². The molecule has 0 unspecified atom stereocenters. The van der Waals surface area contributed by atoms with E-state index in [-0.39, 0.29) is 6.61 Å². The lowest BCUT2D eigenvalue weighted by Gasteiger charge is -2.08. The van der Waals surface area contributed by atoms with Crippen molar-refractivity contribution >= 4 is 17.9 Å². The summed E-state index contributed by atoms with van der Waals surface area (Å²) in [4.78, 5) is 34.3. The summed E-state index contributed by atoms with van der Waals surface area (Å²) in [6.07, 6.45) is 1.75. The summed E-state index contributed by atoms with van der Waals surface area (Å²) in [7, 11) is 0. The van der Waals surface area contributed by atoms with Crippen molar-refractivity contribution in [3.63, 3.8) is 0 Å². The van der Waals surface area contributed by atoms with Crippen LogP contribution in [0.1, 0.15) is 26.7 Å². The predicted molar refractivity (Wildman–Crippen MR) is 90.5 cm³/mol. The summed E-state index contributed by atoms with van der Waals surface area (Å²) >= 11 is 0. The van der Waals surface area contributed by atoms with Gasteiger partial charge in [-0.15, -0.1) is 0 Å². The van der Waals surface area contributed by atoms with Crippen LogP contribution in [0.5, 0.6) is 11.5 Å². The van der Waals surface area contributed by atoms with Gasteiger partial charge in [0.25, 0.3) is 5.91 Å². The number of imide groups is 1. The molecule has 0 aliphatic carbocycles. The van der Waals surface area contributed by atoms with Crippen molar-refractivity contribution in [1.29, 1.82) is 0 Å². The summed E-state index contributed by atoms with van der Waals surface area (Å²) in [5.41, 5.74) is 0. The van der Waals surface area contributed by atoms with Crippen LogP contribution in [0.4, 0.5) is 4.79 Å². The van der Waals surface area contributed by atoms with Crippen LogP contribution < -0.4 is 20.1 Å². The molecule has 0 fully saturated rings. The molecule has 0 spiro atoms. The average Bonchev–Trinajstić information content (AvgIpc) is 2.60. The third kappa shape index (κ3) is 9.19. The minimum atomic E-state index is -0.713. The van der Waals surface area contributed by atoms with E-state index in [1.165, 1.54) is 0 Å². The zero-order chi connectivity index (χ0) is 18.5. The molecule has 0 saturated carbocycles. The quantitative estimate of drug-likeness (QED) is 0.490. The van der Waals surface area contributed by atoms with Gasteiger partial charge in [0.15, 0.2) is 13.2 Å². The Morgan fingerprint density at radius 1 is 0.960 bits per heavy atom. The highest BCUT2D eigenvalue weighted by molar-refractivity contribution is 5.95. The summed E-state index contributed by atoms with van der Waals surface area (Å²) in [5, 5.41) is 4.58. The maximum atomic E-state index is 11.5. The Morgan fingerprint density at radius 2 is 1.60 bits per heavy atom. The molecule has 3 amide bonds. The Kier molecular flexibility index (Phi) is 9.50. The Labute approximate surface area is 146 Å². The molecule has 1 aromatic rings. The molecule has 0 aliphatic heterocycles. The fraction of sp³-hybridized carbons (Fsp3) is 0.471. The van der Waals surface area contributed by atoms with Gasteiger partial charge in [0.1, 0.15) is 11.5 Å². The monoisotopic (exact) mass is 352 g/mol. The molecule has 1 aromatic carbocycles. The molecular weight excluding hydrogens is 328 g/mol. The van der Waals surface area contributed by atoms with Gasteiger partial charge in [-0.05, 0) is 37.6 Å². The standard InChI is InChI=1S/C17H24N2O6/c1-3-5-10-18-17(22)19-15(20)11-25-16(21)12-24-14-8-6-13(7-9-14)23-4-2/h6-9H,3-5,10-12H2,1-2H3,(H2,18,19,20,22). The van der Waals surface area contributed by atoms with Crippen molar-refractivity contribution in [1.82, 2.24) is 10.6 Å². The summed E-state index contributed by atoms with van der Waals surface area (Å²) in [6.45, 7) is 4.01. The second kappa shape index (κ2) is 11.7. The van der Waals surface area contributed by atoms with E-state index in [1.54, 1.807) is 24.3 Å². The highest BCUT2D eigenvalue weighted by Crippen LogP contribution is 2.17. The van der Waals surface area contributed by atoms with Gasteiger partial charge in [0, 0.05) is 6.54 Å². The van der Waals surface area contributed by atoms with Gasteiger partial charge in [-0.1, -0.05) is 13.3 Å². The first-order chi connectivity index (χ1) is 12.0. The third-order valence-electron chi connectivity index (χ3n) is 2.92. The van der Waals surface area contributed by atoms with Crippen LogP contribution >= 0.6 is 0 Å². The SMILES string of the molecule is CCCCNC(=O)NC(=O)COC(=O)COc1ccc(OCC)cc1. The number of hydrogen-bond donors (Lipinski definition) is 2. The largest absolute Gasteiger partial charge is 0.494 e. The van der Waals surface area contributed by atoms with Crippen molar-refractivity contribution in [2.75, 3.05) is 26.4 Å². The number of amides is 3. The van der Waals surface area contributed by atoms with Gasteiger partial charge in [-0.3, -0.25) is 10.1 Å². The Morgan fingerprint density at radius 3 is 2.20 bits per heavy atom. The van der Waals surface area contributed by atoms with Gasteiger partial charge in [0.05, 0.1) is 6.61 Å². The van der Waals surface area contributed by atoms with E-state index >= 15 is 0 Å². The number of unbranched alkanes of at least 4 members (excludes halogenated alkanes) is 1. The van der Waals surface area contributed by atoms with Gasteiger partial charge >= 0.3 is 12.0 Å². The molecule has 0 heterocycles. The first-order valence-electron chi connectivity index (χ1n) is 8.14. The number of esters is 1. The maximum absolute atomic E-state index is 11.5. The van der Waals surface area contributed by atoms with E-state index in [2.05, 4.69) is 10.6 Å². The summed E-state index contributed by atoms with van der Waals surface area (Å²) < 4.78 is 15.3. The van der Waals surface area contributed by atoms with E-state index in [0.29, 0.717) is 24.7 Å². The van der Waals surface area contributed by atoms with Crippen molar-refractivity contribution in [3.05, 3.63) is 24.3 Å². The summed E-state index contributed by atoms with van der Waals surface area (Å²) in [6, 6.07) is 6.14. The molecule has 8 heteroatoms. The van der Waals surface area contributed by atoms with Crippen LogP contribution in [0.25, 0.3) is 0 Å². The molecule has 0 radical (unpaired) electrons. The molecule has 0 atom stereocenters. The molecule has 0 aliphatic rings. The fourth-order valence-corrected chi connectivity index (χ4v) is 1.71. The van der Waals surface area contributed by atoms with E-state index in [1.807, 2.05) is 13.8 Å². The molecular formula is C17H24N2O6. The molecule has 8 nitrogen and oxygen atoms in total. The lowest BCUT2D eigenvalue weighted by atomic mass is 10.3. The first-order valence-corrected chi connectivity index (χ1v) is 8.14. The van der Waals surface area contributed by atoms with Crippen LogP contribution in [0, 0.1) is 0 Å². The molecule has 2 N–H and O–H groups in total. The highest BCUT2D eigenvalue weighted by atomic mass is 16.6. The zero-order valence-electron chi connectivity index (χ0n) is 14.5. The van der Waals surface area contributed by atoms with Gasteiger partial charge < -0.3 is 19.5 Å². The number of carbonyl (C=O) groups excluding carboxylic acids is 3. The second-order valence-corrected chi connectivity index (χ2v) is 5.01. The molecule has 1 rings (SSSR count). The van der Waals surface area contributed by atoms with E-state index in [4.69, 9.17) is 14.2 Å². The minimum Gasteiger partial charge on any atom is -0.494 e. The van der Waals surface area contributed by atoms with Gasteiger partial charge in [0.2, 0.25) is 0 Å². The molecule has 138 valence electrons. The smallest absolute Gasteiger partial charge is 0.344 e. The number of urea groups is 1. The van der Waals surface area contributed by atoms with Crippen molar-refractivity contribution in [3.8, 4) is 11.5 Å². The van der Waals surface area contributed by atoms with Crippen LogP contribution in [0.3, 0.4) is 0 Å². The maximum Gasteiger partial charge on any atom is 0.344 e. The van der Waals surface area contributed by atoms with Crippen LogP contribution in [0.2, 0.25) is 0 Å². The Bertz CT molecular complexity index is 559. The second-order valence-electron chi connectivity index (χ2n) is 5.01. The normalized spacial score (nSPS) is 9.84. The number of carbonyl (C=O) groups is 3. The van der Waals surface area contributed by atoms with Gasteiger partial charge in [-0.25, -0.2) is 9.59 Å². The van der Waals surface area contributed by atoms with Crippen molar-refractivity contribution < 1.29 is 28.6 Å². The average molecular weight is 352 g/mol. The molecule has 0 aromatic heterocycles. The molecule has 0 saturated heterocycles. The van der Waals surface area contributed by atoms with E-state index in [0.717, 1.165) is 12.8 Å². The zero-order valence-corrected chi connectivity index (χ0v) is 14.5. The Balaban J connectivity index is 2.21. The number of nitrogens with one attached hydrogen (secondary N) is 2. The summed E-state index contributed by atoms with van der Waals surface area (Å²) in [5.74, 6) is -0.245. The first kappa shape index (κ1) is 20.3. The Hall–Kier alpha value is -2.77. The minimum absolute atomic E-state index is 0.343. The highest BCUT2D eigenvalue weighted by Gasteiger charge is 2.11. The topological polar surface area (TPSA) is 103 Å². The molecule has 25 heavy (non-hydrogen) atoms. The van der Waals surface area contributed by atoms with Crippen LogP contribution in [-0.2, 0) is 14.3 Å². The lowest BCUT2D eigenvalue weighted by Crippen LogP contribution is -2.41. The lowest BCUT2D eigenvalue weighted by molar-refractivity contribution is -0.150. The van der Waals surface area contributed by atoms with E-state index in [9.17, 15) is 14.4 Å². The number of ether oxygens (including phenoxy) is 3. The molecule has 0 bridgehead atoms. The number of hydrogen-bond acceptors (Lipinski definition) is 6. The van der Waals surface area contributed by atoms with Crippen molar-refractivity contribution in [2.45, 2.75) is 26.7 Å². The predicted octanol–water partition coefficient (Wildman–Crippen LogP) is 1.63. The van der Waals surface area contributed by atoms with Crippen LogP contribution in [-0.4, -0.2) is 44.3 Å². The number of benzene rings is 1. The van der Waals surface area contributed by atoms with Gasteiger partial charge in [-0.2, -0.15) is 0 Å². The third-order valence-corrected chi connectivity index (χ3v) is 2.92. The van der Waals surface area contributed by atoms with E-state index < -0.39 is 24.5 Å². The fourth-order valence-electron chi connectivity index (χ4n) is 1.71. The number of rotatable bonds is 10.